The van der Waals surface area contributed by atoms with E-state index < -0.39 is 0 Å². The van der Waals surface area contributed by atoms with E-state index in [9.17, 15) is 9.18 Å². The number of aromatic nitrogens is 2. The molecule has 0 amide bonds. The number of thiophene rings is 1. The van der Waals surface area contributed by atoms with Crippen LogP contribution in [0.4, 0.5) is 4.39 Å². The second-order valence-corrected chi connectivity index (χ2v) is 9.47. The number of benzene rings is 1. The van der Waals surface area contributed by atoms with Crippen LogP contribution in [-0.2, 0) is 13.1 Å². The van der Waals surface area contributed by atoms with E-state index in [0.29, 0.717) is 6.54 Å². The van der Waals surface area contributed by atoms with Crippen LogP contribution < -0.4 is 5.56 Å². The fourth-order valence-electron chi connectivity index (χ4n) is 4.20. The van der Waals surface area contributed by atoms with E-state index in [1.54, 1.807) is 40.1 Å². The fraction of sp³-hybridized carbons (Fsp3) is 0.280. The number of aryl methyl sites for hydroxylation is 1. The van der Waals surface area contributed by atoms with E-state index in [1.807, 2.05) is 25.1 Å². The molecular weight excluding hydrogens is 423 g/mol. The summed E-state index contributed by atoms with van der Waals surface area (Å²) in [7, 11) is 0. The van der Waals surface area contributed by atoms with Gasteiger partial charge < -0.3 is 0 Å². The van der Waals surface area contributed by atoms with Crippen molar-refractivity contribution >= 4 is 17.0 Å². The fourth-order valence-corrected chi connectivity index (χ4v) is 5.25. The predicted molar refractivity (Wildman–Crippen MR) is 126 cm³/mol. The molecule has 1 aliphatic heterocycles. The second-order valence-electron chi connectivity index (χ2n) is 8.30. The average molecular weight is 449 g/mol. The monoisotopic (exact) mass is 448 g/mol. The first-order valence-electron chi connectivity index (χ1n) is 10.8. The number of hydrogen-bond donors (Lipinski definition) is 0. The van der Waals surface area contributed by atoms with Gasteiger partial charge in [0.05, 0.1) is 5.69 Å². The summed E-state index contributed by atoms with van der Waals surface area (Å²) in [5.41, 5.74) is 3.47. The average Bonchev–Trinajstić information content (AvgIpc) is 3.25. The van der Waals surface area contributed by atoms with E-state index in [1.165, 1.54) is 10.9 Å². The van der Waals surface area contributed by atoms with E-state index in [4.69, 9.17) is 4.98 Å². The van der Waals surface area contributed by atoms with Crippen molar-refractivity contribution in [2.24, 2.45) is 0 Å². The van der Waals surface area contributed by atoms with Crippen LogP contribution in [-0.4, -0.2) is 45.4 Å². The number of hydrogen-bond acceptors (Lipinski definition) is 5. The maximum atomic E-state index is 13.5. The van der Waals surface area contributed by atoms with Gasteiger partial charge in [-0.05, 0) is 48.4 Å². The highest BCUT2D eigenvalue weighted by Crippen LogP contribution is 2.29. The van der Waals surface area contributed by atoms with Gasteiger partial charge in [0.2, 0.25) is 0 Å². The zero-order valence-electron chi connectivity index (χ0n) is 18.0. The minimum atomic E-state index is -0.202. The van der Waals surface area contributed by atoms with Gasteiger partial charge in [0.15, 0.2) is 0 Å². The van der Waals surface area contributed by atoms with Gasteiger partial charge in [-0.25, -0.2) is 9.37 Å². The van der Waals surface area contributed by atoms with Gasteiger partial charge in [-0.1, -0.05) is 18.2 Å². The van der Waals surface area contributed by atoms with Crippen molar-refractivity contribution in [3.05, 3.63) is 93.1 Å². The molecule has 0 bridgehead atoms. The lowest BCUT2D eigenvalue weighted by Gasteiger charge is -2.34. The molecule has 1 aliphatic rings. The molecule has 4 aromatic rings. The van der Waals surface area contributed by atoms with Crippen molar-refractivity contribution in [3.8, 4) is 10.4 Å². The predicted octanol–water partition coefficient (Wildman–Crippen LogP) is 4.19. The highest BCUT2D eigenvalue weighted by Gasteiger charge is 2.19. The van der Waals surface area contributed by atoms with Gasteiger partial charge >= 0.3 is 0 Å². The van der Waals surface area contributed by atoms with Crippen molar-refractivity contribution in [2.45, 2.75) is 20.0 Å². The zero-order chi connectivity index (χ0) is 22.1. The van der Waals surface area contributed by atoms with Crippen molar-refractivity contribution in [1.82, 2.24) is 19.2 Å². The number of pyridine rings is 1. The molecule has 0 atom stereocenters. The number of nitrogens with zero attached hydrogens (tertiary/aromatic N) is 4. The smallest absolute Gasteiger partial charge is 0.258 e. The van der Waals surface area contributed by atoms with Gasteiger partial charge in [-0.2, -0.15) is 0 Å². The van der Waals surface area contributed by atoms with Crippen molar-refractivity contribution in [1.29, 1.82) is 0 Å². The Morgan fingerprint density at radius 3 is 2.53 bits per heavy atom. The molecule has 4 heterocycles. The van der Waals surface area contributed by atoms with E-state index in [0.717, 1.165) is 60.1 Å². The summed E-state index contributed by atoms with van der Waals surface area (Å²) in [5, 5.41) is 0. The van der Waals surface area contributed by atoms with Crippen molar-refractivity contribution in [3.63, 3.8) is 0 Å². The quantitative estimate of drug-likeness (QED) is 0.459. The largest absolute Gasteiger partial charge is 0.296 e. The Bertz CT molecular complexity index is 1310. The lowest BCUT2D eigenvalue weighted by Crippen LogP contribution is -2.45. The van der Waals surface area contributed by atoms with Crippen LogP contribution >= 0.6 is 11.3 Å². The molecule has 7 heteroatoms. The first-order chi connectivity index (χ1) is 15.5. The first kappa shape index (κ1) is 21.0. The summed E-state index contributed by atoms with van der Waals surface area (Å²) in [6, 6.07) is 16.5. The van der Waals surface area contributed by atoms with Crippen molar-refractivity contribution in [2.75, 3.05) is 26.2 Å². The molecule has 32 heavy (non-hydrogen) atoms. The summed E-state index contributed by atoms with van der Waals surface area (Å²) < 4.78 is 15.1. The molecular formula is C25H25FN4OS. The van der Waals surface area contributed by atoms with Crippen LogP contribution in [0.2, 0.25) is 0 Å². The zero-order valence-corrected chi connectivity index (χ0v) is 18.8. The van der Waals surface area contributed by atoms with Crippen LogP contribution in [0.5, 0.6) is 0 Å². The lowest BCUT2D eigenvalue weighted by molar-refractivity contribution is 0.122. The third-order valence-electron chi connectivity index (χ3n) is 5.94. The van der Waals surface area contributed by atoms with E-state index >= 15 is 0 Å². The molecule has 0 radical (unpaired) electrons. The van der Waals surface area contributed by atoms with Gasteiger partial charge in [0, 0.05) is 61.3 Å². The Labute approximate surface area is 190 Å². The molecule has 0 spiro atoms. The van der Waals surface area contributed by atoms with Crippen molar-refractivity contribution < 1.29 is 4.39 Å². The topological polar surface area (TPSA) is 40.9 Å². The minimum Gasteiger partial charge on any atom is -0.296 e. The lowest BCUT2D eigenvalue weighted by atomic mass is 10.2. The first-order valence-corrected chi connectivity index (χ1v) is 11.6. The second kappa shape index (κ2) is 8.94. The standard InChI is InChI=1S/C25H25FN4OS/c1-18-4-3-9-30-24(31)15-21(27-25(18)30)16-28-10-12-29(13-11-28)17-22-7-8-23(32-22)19-5-2-6-20(26)14-19/h2-9,14-15H,10-13,16-17H2,1H3. The number of halogens is 1. The SMILES string of the molecule is Cc1cccn2c(=O)cc(CN3CCN(Cc4ccc(-c5cccc(F)c5)s4)CC3)nc12. The molecule has 0 unspecified atom stereocenters. The van der Waals surface area contributed by atoms with Crippen LogP contribution in [0.15, 0.2) is 65.6 Å². The molecule has 3 aromatic heterocycles. The highest BCUT2D eigenvalue weighted by atomic mass is 32.1. The van der Waals surface area contributed by atoms with E-state index in [-0.39, 0.29) is 11.4 Å². The number of rotatable bonds is 5. The van der Waals surface area contributed by atoms with Crippen LogP contribution in [0, 0.1) is 12.7 Å². The summed E-state index contributed by atoms with van der Waals surface area (Å²) >= 11 is 1.73. The van der Waals surface area contributed by atoms with Gasteiger partial charge in [-0.3, -0.25) is 19.0 Å². The molecule has 1 fully saturated rings. The number of fused-ring (bicyclic) bond motifs is 1. The molecule has 5 rings (SSSR count). The minimum absolute atomic E-state index is 0.0286. The van der Waals surface area contributed by atoms with E-state index in [2.05, 4.69) is 21.9 Å². The third kappa shape index (κ3) is 4.50. The third-order valence-corrected chi connectivity index (χ3v) is 7.06. The van der Waals surface area contributed by atoms with Crippen LogP contribution in [0.1, 0.15) is 16.1 Å². The van der Waals surface area contributed by atoms with Gasteiger partial charge in [-0.15, -0.1) is 11.3 Å². The Balaban J connectivity index is 1.20. The molecule has 1 aromatic carbocycles. The molecule has 0 saturated carbocycles. The Morgan fingerprint density at radius 2 is 1.75 bits per heavy atom. The Hall–Kier alpha value is -2.87. The Kier molecular flexibility index (Phi) is 5.87. The highest BCUT2D eigenvalue weighted by molar-refractivity contribution is 7.15. The molecule has 0 aliphatic carbocycles. The number of piperazine rings is 1. The van der Waals surface area contributed by atoms with Gasteiger partial charge in [0.25, 0.3) is 5.56 Å². The summed E-state index contributed by atoms with van der Waals surface area (Å²) in [5.74, 6) is -0.202. The summed E-state index contributed by atoms with van der Waals surface area (Å²) in [4.78, 5) is 24.4. The Morgan fingerprint density at radius 1 is 0.969 bits per heavy atom. The summed E-state index contributed by atoms with van der Waals surface area (Å²) in [6.07, 6.45) is 1.77. The molecule has 5 nitrogen and oxygen atoms in total. The van der Waals surface area contributed by atoms with Crippen LogP contribution in [0.25, 0.3) is 16.1 Å². The van der Waals surface area contributed by atoms with Gasteiger partial charge in [0.1, 0.15) is 11.5 Å². The molecule has 0 N–H and O–H groups in total. The van der Waals surface area contributed by atoms with Crippen LogP contribution in [0.3, 0.4) is 0 Å². The maximum Gasteiger partial charge on any atom is 0.258 e. The molecule has 1 saturated heterocycles. The molecule has 164 valence electrons. The maximum absolute atomic E-state index is 13.5. The normalized spacial score (nSPS) is 15.4. The summed E-state index contributed by atoms with van der Waals surface area (Å²) in [6.45, 7) is 7.40.